The van der Waals surface area contributed by atoms with Crippen molar-refractivity contribution in [1.82, 2.24) is 9.97 Å². The van der Waals surface area contributed by atoms with Gasteiger partial charge in [0.05, 0.1) is 17.4 Å². The zero-order chi connectivity index (χ0) is 11.7. The zero-order valence-electron chi connectivity index (χ0n) is 9.78. The minimum absolute atomic E-state index is 0.206. The largest absolute Gasteiger partial charge is 0.383 e. The third-order valence-electron chi connectivity index (χ3n) is 2.41. The second-order valence-corrected chi connectivity index (χ2v) is 4.20. The smallest absolute Gasteiger partial charge is 0.125 e. The highest BCUT2D eigenvalue weighted by Crippen LogP contribution is 2.16. The standard InChI is InChI=1S/C12H16N4/c1-7(2)16-12(13)9-4-8(3)11-10(5-9)14-6-15-11/h4-7H,1-3H3,(H2,13,16)(H,14,15). The Morgan fingerprint density at radius 1 is 1.44 bits per heavy atom. The molecule has 0 unspecified atom stereocenters. The van der Waals surface area contributed by atoms with Crippen LogP contribution in [0.1, 0.15) is 25.0 Å². The summed E-state index contributed by atoms with van der Waals surface area (Å²) >= 11 is 0. The fourth-order valence-electron chi connectivity index (χ4n) is 1.73. The first-order valence-electron chi connectivity index (χ1n) is 5.35. The van der Waals surface area contributed by atoms with Gasteiger partial charge in [0.2, 0.25) is 0 Å². The second-order valence-electron chi connectivity index (χ2n) is 4.20. The zero-order valence-corrected chi connectivity index (χ0v) is 9.78. The van der Waals surface area contributed by atoms with Gasteiger partial charge in [-0.15, -0.1) is 0 Å². The maximum Gasteiger partial charge on any atom is 0.125 e. The molecule has 0 bridgehead atoms. The highest BCUT2D eigenvalue weighted by Gasteiger charge is 2.06. The average molecular weight is 216 g/mol. The first kappa shape index (κ1) is 10.7. The van der Waals surface area contributed by atoms with Crippen LogP contribution in [0.4, 0.5) is 0 Å². The quantitative estimate of drug-likeness (QED) is 0.595. The van der Waals surface area contributed by atoms with Gasteiger partial charge in [-0.2, -0.15) is 0 Å². The third kappa shape index (κ3) is 1.91. The summed E-state index contributed by atoms with van der Waals surface area (Å²) in [5.41, 5.74) is 9.98. The molecule has 1 aromatic heterocycles. The predicted octanol–water partition coefficient (Wildman–Crippen LogP) is 1.99. The summed E-state index contributed by atoms with van der Waals surface area (Å²) < 4.78 is 0. The van der Waals surface area contributed by atoms with Gasteiger partial charge in [0.15, 0.2) is 0 Å². The molecule has 4 heteroatoms. The Hall–Kier alpha value is -1.84. The fourth-order valence-corrected chi connectivity index (χ4v) is 1.73. The highest BCUT2D eigenvalue weighted by molar-refractivity contribution is 6.00. The van der Waals surface area contributed by atoms with E-state index in [1.54, 1.807) is 6.33 Å². The lowest BCUT2D eigenvalue weighted by Gasteiger charge is -2.05. The topological polar surface area (TPSA) is 67.1 Å². The van der Waals surface area contributed by atoms with Gasteiger partial charge in [-0.25, -0.2) is 4.98 Å². The molecule has 0 aliphatic carbocycles. The monoisotopic (exact) mass is 216 g/mol. The van der Waals surface area contributed by atoms with E-state index < -0.39 is 0 Å². The molecule has 84 valence electrons. The highest BCUT2D eigenvalue weighted by atomic mass is 14.9. The summed E-state index contributed by atoms with van der Waals surface area (Å²) in [6.45, 7) is 6.04. The molecule has 0 saturated heterocycles. The van der Waals surface area contributed by atoms with Crippen LogP contribution in [-0.4, -0.2) is 21.8 Å². The molecule has 0 spiro atoms. The number of hydrogen-bond acceptors (Lipinski definition) is 2. The molecule has 0 atom stereocenters. The molecular weight excluding hydrogens is 200 g/mol. The van der Waals surface area contributed by atoms with Crippen LogP contribution >= 0.6 is 0 Å². The van der Waals surface area contributed by atoms with Gasteiger partial charge in [-0.3, -0.25) is 4.99 Å². The number of H-pyrrole nitrogens is 1. The number of fused-ring (bicyclic) bond motifs is 1. The van der Waals surface area contributed by atoms with Crippen molar-refractivity contribution in [2.24, 2.45) is 10.7 Å². The summed E-state index contributed by atoms with van der Waals surface area (Å²) in [6.07, 6.45) is 1.69. The van der Waals surface area contributed by atoms with Crippen molar-refractivity contribution in [1.29, 1.82) is 0 Å². The maximum absolute atomic E-state index is 5.94. The number of hydrogen-bond donors (Lipinski definition) is 2. The van der Waals surface area contributed by atoms with Crippen LogP contribution in [0.3, 0.4) is 0 Å². The Balaban J connectivity index is 2.53. The van der Waals surface area contributed by atoms with Gasteiger partial charge in [0, 0.05) is 11.6 Å². The van der Waals surface area contributed by atoms with E-state index in [2.05, 4.69) is 15.0 Å². The number of aromatic amines is 1. The van der Waals surface area contributed by atoms with Crippen LogP contribution in [0, 0.1) is 6.92 Å². The molecular formula is C12H16N4. The summed E-state index contributed by atoms with van der Waals surface area (Å²) in [6, 6.07) is 4.21. The van der Waals surface area contributed by atoms with Gasteiger partial charge in [0.1, 0.15) is 5.84 Å². The van der Waals surface area contributed by atoms with Gasteiger partial charge >= 0.3 is 0 Å². The van der Waals surface area contributed by atoms with E-state index in [1.807, 2.05) is 32.9 Å². The van der Waals surface area contributed by atoms with Crippen LogP contribution in [0.5, 0.6) is 0 Å². The number of aliphatic imine (C=N–C) groups is 1. The molecule has 0 amide bonds. The van der Waals surface area contributed by atoms with E-state index in [-0.39, 0.29) is 6.04 Å². The first-order chi connectivity index (χ1) is 7.58. The number of nitrogens with zero attached hydrogens (tertiary/aromatic N) is 2. The van der Waals surface area contributed by atoms with E-state index in [4.69, 9.17) is 5.73 Å². The van der Waals surface area contributed by atoms with Crippen LogP contribution in [-0.2, 0) is 0 Å². The molecule has 0 aliphatic rings. The lowest BCUT2D eigenvalue weighted by atomic mass is 10.1. The SMILES string of the molecule is Cc1cc(C(N)=NC(C)C)cc2[nH]cnc12. The molecule has 0 saturated carbocycles. The molecule has 4 nitrogen and oxygen atoms in total. The molecule has 1 aromatic carbocycles. The van der Waals surface area contributed by atoms with Crippen molar-refractivity contribution in [2.75, 3.05) is 0 Å². The molecule has 1 heterocycles. The van der Waals surface area contributed by atoms with Gasteiger partial charge in [-0.1, -0.05) is 0 Å². The number of aromatic nitrogens is 2. The molecule has 0 aliphatic heterocycles. The van der Waals surface area contributed by atoms with Crippen LogP contribution in [0.2, 0.25) is 0 Å². The Labute approximate surface area is 94.6 Å². The van der Waals surface area contributed by atoms with E-state index in [0.717, 1.165) is 22.2 Å². The number of amidine groups is 1. The lowest BCUT2D eigenvalue weighted by molar-refractivity contribution is 0.834. The predicted molar refractivity (Wildman–Crippen MR) is 66.7 cm³/mol. The molecule has 3 N–H and O–H groups in total. The van der Waals surface area contributed by atoms with Crippen molar-refractivity contribution in [2.45, 2.75) is 26.8 Å². The normalized spacial score (nSPS) is 12.6. The summed E-state index contributed by atoms with van der Waals surface area (Å²) in [5.74, 6) is 0.578. The number of nitrogens with two attached hydrogens (primary N) is 1. The maximum atomic E-state index is 5.94. The Bertz CT molecular complexity index is 537. The number of aryl methyl sites for hydroxylation is 1. The minimum Gasteiger partial charge on any atom is -0.383 e. The number of imidazole rings is 1. The number of rotatable bonds is 2. The van der Waals surface area contributed by atoms with Crippen LogP contribution in [0.25, 0.3) is 11.0 Å². The van der Waals surface area contributed by atoms with E-state index in [9.17, 15) is 0 Å². The molecule has 2 aromatic rings. The van der Waals surface area contributed by atoms with E-state index in [0.29, 0.717) is 5.84 Å². The molecule has 0 radical (unpaired) electrons. The second kappa shape index (κ2) is 3.96. The van der Waals surface area contributed by atoms with Crippen LogP contribution < -0.4 is 5.73 Å². The molecule has 16 heavy (non-hydrogen) atoms. The first-order valence-corrected chi connectivity index (χ1v) is 5.35. The fraction of sp³-hybridized carbons (Fsp3) is 0.333. The van der Waals surface area contributed by atoms with Crippen molar-refractivity contribution >= 4 is 16.9 Å². The summed E-state index contributed by atoms with van der Waals surface area (Å²) in [4.78, 5) is 11.7. The van der Waals surface area contributed by atoms with Gasteiger partial charge in [-0.05, 0) is 38.5 Å². The number of nitrogens with one attached hydrogen (secondary N) is 1. The van der Waals surface area contributed by atoms with Crippen molar-refractivity contribution in [3.63, 3.8) is 0 Å². The Morgan fingerprint density at radius 3 is 2.88 bits per heavy atom. The van der Waals surface area contributed by atoms with Crippen molar-refractivity contribution in [3.8, 4) is 0 Å². The van der Waals surface area contributed by atoms with Gasteiger partial charge < -0.3 is 10.7 Å². The van der Waals surface area contributed by atoms with Crippen molar-refractivity contribution in [3.05, 3.63) is 29.6 Å². The summed E-state index contributed by atoms with van der Waals surface area (Å²) in [7, 11) is 0. The van der Waals surface area contributed by atoms with Crippen molar-refractivity contribution < 1.29 is 0 Å². The Kier molecular flexibility index (Phi) is 2.64. The average Bonchev–Trinajstić information content (AvgIpc) is 2.64. The molecule has 2 rings (SSSR count). The van der Waals surface area contributed by atoms with Crippen LogP contribution in [0.15, 0.2) is 23.5 Å². The van der Waals surface area contributed by atoms with E-state index >= 15 is 0 Å². The third-order valence-corrected chi connectivity index (χ3v) is 2.41. The van der Waals surface area contributed by atoms with Gasteiger partial charge in [0.25, 0.3) is 0 Å². The molecule has 0 fully saturated rings. The van der Waals surface area contributed by atoms with E-state index in [1.165, 1.54) is 0 Å². The lowest BCUT2D eigenvalue weighted by Crippen LogP contribution is -2.15. The summed E-state index contributed by atoms with van der Waals surface area (Å²) in [5, 5.41) is 0. The number of benzene rings is 1. The Morgan fingerprint density at radius 2 is 2.19 bits per heavy atom. The minimum atomic E-state index is 0.206.